The van der Waals surface area contributed by atoms with Crippen molar-refractivity contribution in [2.24, 2.45) is 0 Å². The van der Waals surface area contributed by atoms with Crippen LogP contribution in [-0.4, -0.2) is 126 Å². The molecule has 166 valence electrons. The minimum Gasteiger partial charge on any atom is -0.394 e. The molecule has 0 amide bonds. The molecule has 0 aromatic rings. The van der Waals surface area contributed by atoms with Crippen LogP contribution in [0.1, 0.15) is 6.92 Å². The van der Waals surface area contributed by atoms with Crippen molar-refractivity contribution in [3.8, 4) is 0 Å². The number of aliphatic hydroxyl groups excluding tert-OH is 6. The van der Waals surface area contributed by atoms with E-state index in [1.165, 1.54) is 21.1 Å². The van der Waals surface area contributed by atoms with Gasteiger partial charge in [0.15, 0.2) is 18.9 Å². The third-order valence-corrected chi connectivity index (χ3v) is 4.62. The normalized spacial score (nSPS) is 45.8. The highest BCUT2D eigenvalue weighted by atomic mass is 16.8. The van der Waals surface area contributed by atoms with Gasteiger partial charge in [0.2, 0.25) is 0 Å². The van der Waals surface area contributed by atoms with E-state index in [9.17, 15) is 30.6 Å². The Kier molecular flexibility index (Phi) is 8.94. The van der Waals surface area contributed by atoms with Gasteiger partial charge in [-0.3, -0.25) is 0 Å². The van der Waals surface area contributed by atoms with Crippen LogP contribution in [-0.2, 0) is 28.4 Å². The van der Waals surface area contributed by atoms with Crippen molar-refractivity contribution in [3.05, 3.63) is 0 Å². The van der Waals surface area contributed by atoms with Crippen LogP contribution in [0, 0.1) is 0 Å². The average molecular weight is 414 g/mol. The molecule has 2 aliphatic rings. The summed E-state index contributed by atoms with van der Waals surface area (Å²) in [5, 5.41) is 59.9. The number of hydrogen-bond donors (Lipinski definition) is 6. The lowest BCUT2D eigenvalue weighted by molar-refractivity contribution is -0.385. The lowest BCUT2D eigenvalue weighted by Crippen LogP contribution is -2.64. The molecule has 6 N–H and O–H groups in total. The summed E-state index contributed by atoms with van der Waals surface area (Å²) in [6.45, 7) is 0.768. The summed E-state index contributed by atoms with van der Waals surface area (Å²) in [5.41, 5.74) is 0. The largest absolute Gasteiger partial charge is 0.394 e. The second kappa shape index (κ2) is 10.5. The molecule has 28 heavy (non-hydrogen) atoms. The Balaban J connectivity index is 2.13. The summed E-state index contributed by atoms with van der Waals surface area (Å²) in [4.78, 5) is 0. The van der Waals surface area contributed by atoms with Gasteiger partial charge < -0.3 is 59.1 Å². The maximum atomic E-state index is 10.3. The first-order valence-electron chi connectivity index (χ1n) is 8.89. The molecule has 0 bridgehead atoms. The SMILES string of the molecule is CO[C@@H]1O[C@H](CO)[C@@H](O[C@@H]2OC(OCC(C)O)[C@@H](OC)C(O)C2O)C(O)C1O. The standard InChI is InChI=1S/C16H30O12/c1-6(18)5-25-16-13(23-2)9(20)11(22)15(28-16)27-12-7(4-17)26-14(24-3)10(21)8(12)19/h6-22H,4-5H2,1-3H3/t6?,7-,8?,9?,10?,11?,12-,13+,14-,15-,16?/m1/s1. The molecule has 0 radical (unpaired) electrons. The number of rotatable bonds is 8. The third-order valence-electron chi connectivity index (χ3n) is 4.62. The number of hydrogen-bond acceptors (Lipinski definition) is 12. The molecule has 0 aromatic heterocycles. The molecule has 2 aliphatic heterocycles. The molecule has 0 spiro atoms. The van der Waals surface area contributed by atoms with Gasteiger partial charge in [0.05, 0.1) is 19.3 Å². The first kappa shape index (κ1) is 23.8. The van der Waals surface area contributed by atoms with Crippen molar-refractivity contribution >= 4 is 0 Å². The molecule has 0 saturated carbocycles. The predicted octanol–water partition coefficient (Wildman–Crippen LogP) is -3.73. The lowest BCUT2D eigenvalue weighted by Gasteiger charge is -2.46. The molecule has 6 unspecified atom stereocenters. The van der Waals surface area contributed by atoms with Crippen LogP contribution < -0.4 is 0 Å². The van der Waals surface area contributed by atoms with E-state index >= 15 is 0 Å². The van der Waals surface area contributed by atoms with Crippen molar-refractivity contribution in [2.45, 2.75) is 74.6 Å². The van der Waals surface area contributed by atoms with Crippen LogP contribution in [0.15, 0.2) is 0 Å². The van der Waals surface area contributed by atoms with Crippen LogP contribution in [0.25, 0.3) is 0 Å². The fourth-order valence-electron chi connectivity index (χ4n) is 3.11. The van der Waals surface area contributed by atoms with Crippen molar-refractivity contribution in [2.75, 3.05) is 27.4 Å². The van der Waals surface area contributed by atoms with Crippen LogP contribution in [0.4, 0.5) is 0 Å². The topological polar surface area (TPSA) is 177 Å². The van der Waals surface area contributed by atoms with Crippen LogP contribution >= 0.6 is 0 Å². The van der Waals surface area contributed by atoms with Crippen molar-refractivity contribution in [3.63, 3.8) is 0 Å². The van der Waals surface area contributed by atoms with Gasteiger partial charge >= 0.3 is 0 Å². The summed E-state index contributed by atoms with van der Waals surface area (Å²) in [5.74, 6) is 0. The summed E-state index contributed by atoms with van der Waals surface area (Å²) in [6, 6.07) is 0. The van der Waals surface area contributed by atoms with Crippen molar-refractivity contribution in [1.29, 1.82) is 0 Å². The summed E-state index contributed by atoms with van der Waals surface area (Å²) in [7, 11) is 2.54. The molecule has 2 rings (SSSR count). The molecule has 2 heterocycles. The molecule has 12 heteroatoms. The van der Waals surface area contributed by atoms with Gasteiger partial charge in [-0.25, -0.2) is 0 Å². The molecule has 0 aromatic carbocycles. The Morgan fingerprint density at radius 2 is 1.43 bits per heavy atom. The van der Waals surface area contributed by atoms with Crippen LogP contribution in [0.3, 0.4) is 0 Å². The monoisotopic (exact) mass is 414 g/mol. The van der Waals surface area contributed by atoms with Crippen molar-refractivity contribution < 1.29 is 59.1 Å². The zero-order valence-electron chi connectivity index (χ0n) is 15.9. The first-order valence-corrected chi connectivity index (χ1v) is 8.89. The van der Waals surface area contributed by atoms with Crippen molar-refractivity contribution in [1.82, 2.24) is 0 Å². The summed E-state index contributed by atoms with van der Waals surface area (Å²) >= 11 is 0. The molecule has 2 saturated heterocycles. The third kappa shape index (κ3) is 5.16. The minimum absolute atomic E-state index is 0.136. The second-order valence-corrected chi connectivity index (χ2v) is 6.78. The number of methoxy groups -OCH3 is 2. The predicted molar refractivity (Wildman–Crippen MR) is 88.7 cm³/mol. The van der Waals surface area contributed by atoms with E-state index in [0.717, 1.165) is 0 Å². The lowest BCUT2D eigenvalue weighted by atomic mass is 9.98. The van der Waals surface area contributed by atoms with E-state index in [0.29, 0.717) is 0 Å². The Bertz CT molecular complexity index is 463. The zero-order valence-corrected chi connectivity index (χ0v) is 15.9. The zero-order chi connectivity index (χ0) is 21.0. The van der Waals surface area contributed by atoms with E-state index < -0.39 is 74.3 Å². The van der Waals surface area contributed by atoms with E-state index in [1.807, 2.05) is 0 Å². The van der Waals surface area contributed by atoms with E-state index in [-0.39, 0.29) is 6.61 Å². The van der Waals surface area contributed by atoms with Gasteiger partial charge in [-0.1, -0.05) is 0 Å². The van der Waals surface area contributed by atoms with Gasteiger partial charge in [-0.05, 0) is 6.92 Å². The summed E-state index contributed by atoms with van der Waals surface area (Å²) in [6.07, 6.45) is -14.3. The van der Waals surface area contributed by atoms with Crippen LogP contribution in [0.2, 0.25) is 0 Å². The number of ether oxygens (including phenoxy) is 6. The fraction of sp³-hybridized carbons (Fsp3) is 1.00. The molecule has 0 aliphatic carbocycles. The Morgan fingerprint density at radius 3 is 1.96 bits per heavy atom. The maximum Gasteiger partial charge on any atom is 0.189 e. The maximum absolute atomic E-state index is 10.3. The van der Waals surface area contributed by atoms with E-state index in [4.69, 9.17) is 28.4 Å². The van der Waals surface area contributed by atoms with Gasteiger partial charge in [0.25, 0.3) is 0 Å². The van der Waals surface area contributed by atoms with Gasteiger partial charge in [0, 0.05) is 14.2 Å². The molecule has 11 atom stereocenters. The second-order valence-electron chi connectivity index (χ2n) is 6.78. The Morgan fingerprint density at radius 1 is 0.821 bits per heavy atom. The highest BCUT2D eigenvalue weighted by molar-refractivity contribution is 4.93. The summed E-state index contributed by atoms with van der Waals surface area (Å²) < 4.78 is 31.7. The molecular weight excluding hydrogens is 384 g/mol. The van der Waals surface area contributed by atoms with Gasteiger partial charge in [-0.15, -0.1) is 0 Å². The van der Waals surface area contributed by atoms with Crippen LogP contribution in [0.5, 0.6) is 0 Å². The smallest absolute Gasteiger partial charge is 0.189 e. The average Bonchev–Trinajstić information content (AvgIpc) is 2.67. The molecular formula is C16H30O12. The quantitative estimate of drug-likeness (QED) is 0.229. The highest BCUT2D eigenvalue weighted by Gasteiger charge is 2.51. The fourth-order valence-corrected chi connectivity index (χ4v) is 3.11. The first-order chi connectivity index (χ1) is 13.2. The van der Waals surface area contributed by atoms with E-state index in [1.54, 1.807) is 0 Å². The Labute approximate surface area is 162 Å². The minimum atomic E-state index is -1.60. The highest BCUT2D eigenvalue weighted by Crippen LogP contribution is 2.30. The van der Waals surface area contributed by atoms with Gasteiger partial charge in [-0.2, -0.15) is 0 Å². The van der Waals surface area contributed by atoms with Gasteiger partial charge in [0.1, 0.15) is 42.7 Å². The molecule has 2 fully saturated rings. The Hall–Kier alpha value is -0.480. The molecule has 12 nitrogen and oxygen atoms in total. The number of aliphatic hydroxyl groups is 6. The van der Waals surface area contributed by atoms with E-state index in [2.05, 4.69) is 0 Å².